The molecule has 0 aliphatic heterocycles. The smallest absolute Gasteiger partial charge is 0.329 e. The van der Waals surface area contributed by atoms with Gasteiger partial charge in [-0.05, 0) is 59.4 Å². The molecule has 1 atom stereocenters. The van der Waals surface area contributed by atoms with Crippen molar-refractivity contribution in [3.63, 3.8) is 0 Å². The van der Waals surface area contributed by atoms with E-state index in [1.54, 1.807) is 0 Å². The van der Waals surface area contributed by atoms with E-state index in [1.165, 1.54) is 51.4 Å². The standard InChI is InChI=1S/C28H54N2O5/c1-28(2,3)35-27(34)24(20-18-19-23-29)30-25(31)21-16-14-12-10-8-6-4-5-7-9-11-13-15-17-22-26(32)33/h24H,4-23,29H2,1-3H3,(H,30,31)(H,32,33)/t24-/m0/s1. The molecule has 0 bridgehead atoms. The van der Waals surface area contributed by atoms with Crippen molar-refractivity contribution in [2.45, 2.75) is 154 Å². The number of carboxylic acids is 1. The summed E-state index contributed by atoms with van der Waals surface area (Å²) in [4.78, 5) is 35.2. The molecule has 0 aliphatic rings. The van der Waals surface area contributed by atoms with Crippen LogP contribution >= 0.6 is 0 Å². The van der Waals surface area contributed by atoms with Crippen LogP contribution in [0.1, 0.15) is 143 Å². The number of hydrogen-bond donors (Lipinski definition) is 3. The maximum Gasteiger partial charge on any atom is 0.329 e. The zero-order valence-electron chi connectivity index (χ0n) is 22.9. The van der Waals surface area contributed by atoms with Gasteiger partial charge in [0.2, 0.25) is 5.91 Å². The molecule has 206 valence electrons. The Kier molecular flexibility index (Phi) is 20.6. The summed E-state index contributed by atoms with van der Waals surface area (Å²) in [5.41, 5.74) is 4.98. The molecule has 0 heterocycles. The first-order chi connectivity index (χ1) is 16.7. The first kappa shape index (κ1) is 33.4. The molecular formula is C28H54N2O5. The predicted octanol–water partition coefficient (Wildman–Crippen LogP) is 6.27. The molecule has 0 saturated heterocycles. The molecule has 0 aromatic heterocycles. The molecule has 0 aromatic rings. The lowest BCUT2D eigenvalue weighted by molar-refractivity contribution is -0.159. The number of amides is 1. The van der Waals surface area contributed by atoms with E-state index in [9.17, 15) is 14.4 Å². The molecule has 0 saturated carbocycles. The van der Waals surface area contributed by atoms with Crippen molar-refractivity contribution >= 4 is 17.8 Å². The van der Waals surface area contributed by atoms with Gasteiger partial charge in [-0.15, -0.1) is 0 Å². The van der Waals surface area contributed by atoms with Gasteiger partial charge in [-0.1, -0.05) is 77.0 Å². The number of carboxylic acid groups (broad SMARTS) is 1. The van der Waals surface area contributed by atoms with Gasteiger partial charge >= 0.3 is 11.9 Å². The van der Waals surface area contributed by atoms with Gasteiger partial charge in [0.25, 0.3) is 0 Å². The van der Waals surface area contributed by atoms with Gasteiger partial charge in [-0.2, -0.15) is 0 Å². The van der Waals surface area contributed by atoms with Crippen LogP contribution in [-0.2, 0) is 19.1 Å². The summed E-state index contributed by atoms with van der Waals surface area (Å²) < 4.78 is 5.47. The monoisotopic (exact) mass is 498 g/mol. The Balaban J connectivity index is 3.72. The molecule has 35 heavy (non-hydrogen) atoms. The molecule has 0 rings (SSSR count). The highest BCUT2D eigenvalue weighted by Gasteiger charge is 2.26. The van der Waals surface area contributed by atoms with E-state index in [0.717, 1.165) is 51.4 Å². The fourth-order valence-electron chi connectivity index (χ4n) is 4.06. The lowest BCUT2D eigenvalue weighted by atomic mass is 10.0. The Bertz CT molecular complexity index is 560. The molecule has 0 spiro atoms. The summed E-state index contributed by atoms with van der Waals surface area (Å²) in [6.45, 7) is 6.07. The van der Waals surface area contributed by atoms with E-state index in [2.05, 4.69) is 5.32 Å². The van der Waals surface area contributed by atoms with Crippen molar-refractivity contribution in [1.29, 1.82) is 0 Å². The summed E-state index contributed by atoms with van der Waals surface area (Å²) >= 11 is 0. The van der Waals surface area contributed by atoms with Crippen LogP contribution in [0.4, 0.5) is 0 Å². The van der Waals surface area contributed by atoms with Gasteiger partial charge in [-0.3, -0.25) is 9.59 Å². The van der Waals surface area contributed by atoms with Gasteiger partial charge in [0, 0.05) is 12.8 Å². The van der Waals surface area contributed by atoms with Crippen LogP contribution in [-0.4, -0.2) is 41.1 Å². The van der Waals surface area contributed by atoms with Crippen LogP contribution in [0.5, 0.6) is 0 Å². The Morgan fingerprint density at radius 2 is 1.14 bits per heavy atom. The molecule has 0 fully saturated rings. The number of carbonyl (C=O) groups excluding carboxylic acids is 2. The second-order valence-corrected chi connectivity index (χ2v) is 10.8. The van der Waals surface area contributed by atoms with E-state index in [0.29, 0.717) is 25.8 Å². The maximum absolute atomic E-state index is 12.4. The van der Waals surface area contributed by atoms with Crippen molar-refractivity contribution < 1.29 is 24.2 Å². The van der Waals surface area contributed by atoms with Crippen LogP contribution in [0, 0.1) is 0 Å². The number of hydrogen-bond acceptors (Lipinski definition) is 5. The number of nitrogens with two attached hydrogens (primary N) is 1. The van der Waals surface area contributed by atoms with Crippen LogP contribution in [0.3, 0.4) is 0 Å². The predicted molar refractivity (Wildman–Crippen MR) is 142 cm³/mol. The van der Waals surface area contributed by atoms with Gasteiger partial charge in [0.15, 0.2) is 0 Å². The summed E-state index contributed by atoms with van der Waals surface area (Å²) in [5.74, 6) is -1.12. The highest BCUT2D eigenvalue weighted by Crippen LogP contribution is 2.15. The summed E-state index contributed by atoms with van der Waals surface area (Å²) in [5, 5.41) is 11.5. The number of nitrogens with one attached hydrogen (secondary N) is 1. The van der Waals surface area contributed by atoms with Crippen molar-refractivity contribution in [2.24, 2.45) is 5.73 Å². The molecule has 0 radical (unpaired) electrons. The average Bonchev–Trinajstić information content (AvgIpc) is 2.76. The Hall–Kier alpha value is -1.63. The zero-order chi connectivity index (χ0) is 26.4. The van der Waals surface area contributed by atoms with Crippen LogP contribution < -0.4 is 11.1 Å². The first-order valence-electron chi connectivity index (χ1n) is 14.1. The number of ether oxygens (including phenoxy) is 1. The lowest BCUT2D eigenvalue weighted by Gasteiger charge is -2.24. The molecular weight excluding hydrogens is 444 g/mol. The third-order valence-corrected chi connectivity index (χ3v) is 6.02. The van der Waals surface area contributed by atoms with Gasteiger partial charge in [0.05, 0.1) is 0 Å². The van der Waals surface area contributed by atoms with Crippen molar-refractivity contribution in [3.05, 3.63) is 0 Å². The number of carbonyl (C=O) groups is 3. The SMILES string of the molecule is CC(C)(C)OC(=O)[C@H](CCCCN)NC(=O)CCCCCCCCCCCCCCCCC(=O)O. The van der Waals surface area contributed by atoms with Gasteiger partial charge < -0.3 is 20.9 Å². The summed E-state index contributed by atoms with van der Waals surface area (Å²) in [6.07, 6.45) is 19.0. The highest BCUT2D eigenvalue weighted by atomic mass is 16.6. The number of aliphatic carboxylic acids is 1. The Morgan fingerprint density at radius 1 is 0.714 bits per heavy atom. The molecule has 7 heteroatoms. The fourth-order valence-corrected chi connectivity index (χ4v) is 4.06. The quantitative estimate of drug-likeness (QED) is 0.113. The van der Waals surface area contributed by atoms with Crippen LogP contribution in [0.2, 0.25) is 0 Å². The number of unbranched alkanes of at least 4 members (excludes halogenated alkanes) is 14. The molecule has 0 unspecified atom stereocenters. The van der Waals surface area contributed by atoms with Crippen molar-refractivity contribution in [1.82, 2.24) is 5.32 Å². The Morgan fingerprint density at radius 3 is 1.54 bits per heavy atom. The average molecular weight is 499 g/mol. The summed E-state index contributed by atoms with van der Waals surface area (Å²) in [7, 11) is 0. The Labute approximate surface area is 214 Å². The topological polar surface area (TPSA) is 119 Å². The van der Waals surface area contributed by atoms with Gasteiger partial charge in [-0.25, -0.2) is 4.79 Å². The zero-order valence-corrected chi connectivity index (χ0v) is 22.9. The maximum atomic E-state index is 12.4. The lowest BCUT2D eigenvalue weighted by Crippen LogP contribution is -2.44. The van der Waals surface area contributed by atoms with E-state index >= 15 is 0 Å². The molecule has 4 N–H and O–H groups in total. The van der Waals surface area contributed by atoms with E-state index in [4.69, 9.17) is 15.6 Å². The molecule has 0 aliphatic carbocycles. The van der Waals surface area contributed by atoms with Crippen molar-refractivity contribution in [2.75, 3.05) is 6.54 Å². The molecule has 1 amide bonds. The largest absolute Gasteiger partial charge is 0.481 e. The van der Waals surface area contributed by atoms with E-state index in [-0.39, 0.29) is 11.9 Å². The minimum Gasteiger partial charge on any atom is -0.481 e. The third kappa shape index (κ3) is 23.9. The third-order valence-electron chi connectivity index (χ3n) is 6.02. The normalized spacial score (nSPS) is 12.3. The second-order valence-electron chi connectivity index (χ2n) is 10.8. The molecule has 7 nitrogen and oxygen atoms in total. The number of esters is 1. The van der Waals surface area contributed by atoms with Crippen molar-refractivity contribution in [3.8, 4) is 0 Å². The molecule has 0 aromatic carbocycles. The number of rotatable bonds is 23. The minimum absolute atomic E-state index is 0.0736. The second kappa shape index (κ2) is 21.6. The van der Waals surface area contributed by atoms with E-state index in [1.807, 2.05) is 20.8 Å². The fraction of sp³-hybridized carbons (Fsp3) is 0.893. The van der Waals surface area contributed by atoms with Crippen LogP contribution in [0.25, 0.3) is 0 Å². The van der Waals surface area contributed by atoms with E-state index < -0.39 is 17.6 Å². The summed E-state index contributed by atoms with van der Waals surface area (Å²) in [6, 6.07) is -0.592. The van der Waals surface area contributed by atoms with Crippen LogP contribution in [0.15, 0.2) is 0 Å². The highest BCUT2D eigenvalue weighted by molar-refractivity contribution is 5.84. The first-order valence-corrected chi connectivity index (χ1v) is 14.1. The minimum atomic E-state index is -0.686. The van der Waals surface area contributed by atoms with Gasteiger partial charge in [0.1, 0.15) is 11.6 Å².